The van der Waals surface area contributed by atoms with Gasteiger partial charge in [-0.25, -0.2) is 9.18 Å². The summed E-state index contributed by atoms with van der Waals surface area (Å²) in [5.41, 5.74) is -0.882. The van der Waals surface area contributed by atoms with E-state index in [2.05, 4.69) is 15.9 Å². The Balaban J connectivity index is 1.75. The van der Waals surface area contributed by atoms with Gasteiger partial charge in [0, 0.05) is 24.1 Å². The van der Waals surface area contributed by atoms with Gasteiger partial charge in [-0.2, -0.15) is 0 Å². The zero-order valence-electron chi connectivity index (χ0n) is 14.6. The lowest BCUT2D eigenvalue weighted by atomic mass is 10.1. The molecule has 0 radical (unpaired) electrons. The van der Waals surface area contributed by atoms with E-state index >= 15 is 0 Å². The van der Waals surface area contributed by atoms with E-state index in [9.17, 15) is 14.0 Å². The minimum absolute atomic E-state index is 0.0615. The minimum Gasteiger partial charge on any atom is -0.444 e. The van der Waals surface area contributed by atoms with Crippen LogP contribution in [0.15, 0.2) is 22.7 Å². The molecule has 2 amide bonds. The molecule has 0 unspecified atom stereocenters. The molecule has 2 fully saturated rings. The molecule has 1 heterocycles. The molecule has 1 aromatic carbocycles. The maximum absolute atomic E-state index is 14.1. The maximum Gasteiger partial charge on any atom is 0.410 e. The molecule has 0 atom stereocenters. The summed E-state index contributed by atoms with van der Waals surface area (Å²) in [4.78, 5) is 28.5. The van der Waals surface area contributed by atoms with Gasteiger partial charge in [-0.1, -0.05) is 15.9 Å². The molecule has 1 aliphatic heterocycles. The number of hydrogen-bond acceptors (Lipinski definition) is 3. The molecule has 1 spiro atoms. The van der Waals surface area contributed by atoms with Crippen LogP contribution in [0.5, 0.6) is 0 Å². The Morgan fingerprint density at radius 3 is 2.52 bits per heavy atom. The first-order chi connectivity index (χ1) is 11.6. The fourth-order valence-corrected chi connectivity index (χ4v) is 3.52. The van der Waals surface area contributed by atoms with Crippen molar-refractivity contribution in [1.29, 1.82) is 0 Å². The summed E-state index contributed by atoms with van der Waals surface area (Å²) in [6, 6.07) is 4.36. The highest BCUT2D eigenvalue weighted by Gasteiger charge is 2.54. The van der Waals surface area contributed by atoms with Gasteiger partial charge in [-0.05, 0) is 51.8 Å². The Morgan fingerprint density at radius 1 is 1.24 bits per heavy atom. The number of halogens is 2. The van der Waals surface area contributed by atoms with E-state index in [1.165, 1.54) is 12.1 Å². The van der Waals surface area contributed by atoms with Crippen LogP contribution in [0.25, 0.3) is 0 Å². The highest BCUT2D eigenvalue weighted by Crippen LogP contribution is 2.45. The van der Waals surface area contributed by atoms with E-state index in [1.807, 2.05) is 20.8 Å². The van der Waals surface area contributed by atoms with Crippen LogP contribution in [0, 0.1) is 5.82 Å². The van der Waals surface area contributed by atoms with Gasteiger partial charge >= 0.3 is 6.09 Å². The molecule has 136 valence electrons. The predicted octanol–water partition coefficient (Wildman–Crippen LogP) is 3.81. The zero-order chi connectivity index (χ0) is 18.4. The van der Waals surface area contributed by atoms with Gasteiger partial charge in [0.15, 0.2) is 0 Å². The van der Waals surface area contributed by atoms with Gasteiger partial charge in [0.1, 0.15) is 11.4 Å². The molecule has 7 heteroatoms. The van der Waals surface area contributed by atoms with Crippen LogP contribution < -0.4 is 0 Å². The molecular formula is C18H22BrFN2O3. The Bertz CT molecular complexity index is 713. The van der Waals surface area contributed by atoms with Gasteiger partial charge in [0.25, 0.3) is 5.91 Å². The summed E-state index contributed by atoms with van der Waals surface area (Å²) in [5, 5.41) is 0. The molecule has 2 aliphatic rings. The van der Waals surface area contributed by atoms with Crippen molar-refractivity contribution in [2.45, 2.75) is 44.8 Å². The molecule has 25 heavy (non-hydrogen) atoms. The van der Waals surface area contributed by atoms with E-state index in [0.717, 1.165) is 12.8 Å². The summed E-state index contributed by atoms with van der Waals surface area (Å²) in [5.74, 6) is -0.848. The van der Waals surface area contributed by atoms with Gasteiger partial charge in [0.05, 0.1) is 11.1 Å². The van der Waals surface area contributed by atoms with Crippen LogP contribution in [0.4, 0.5) is 9.18 Å². The van der Waals surface area contributed by atoms with Gasteiger partial charge in [-0.3, -0.25) is 4.79 Å². The number of rotatable bonds is 1. The largest absolute Gasteiger partial charge is 0.444 e. The summed E-state index contributed by atoms with van der Waals surface area (Å²) in [6.07, 6.45) is 1.26. The van der Waals surface area contributed by atoms with Crippen LogP contribution in [0.2, 0.25) is 0 Å². The lowest BCUT2D eigenvalue weighted by Crippen LogP contribution is -2.58. The number of ether oxygens (including phenoxy) is 1. The van der Waals surface area contributed by atoms with Crippen molar-refractivity contribution in [3.05, 3.63) is 34.1 Å². The quantitative estimate of drug-likeness (QED) is 0.704. The molecule has 1 aromatic rings. The SMILES string of the molecule is CC(C)(C)OC(=O)N1CCN(C(=O)c2cc(Br)ccc2F)C2(CC2)C1. The summed E-state index contributed by atoms with van der Waals surface area (Å²) >= 11 is 3.28. The molecule has 5 nitrogen and oxygen atoms in total. The number of carbonyl (C=O) groups is 2. The third-order valence-corrected chi connectivity index (χ3v) is 5.03. The minimum atomic E-state index is -0.555. The topological polar surface area (TPSA) is 49.9 Å². The fraction of sp³-hybridized carbons (Fsp3) is 0.556. The molecule has 1 aliphatic carbocycles. The zero-order valence-corrected chi connectivity index (χ0v) is 16.2. The van der Waals surface area contributed by atoms with Crippen molar-refractivity contribution in [2.75, 3.05) is 19.6 Å². The standard InChI is InChI=1S/C18H22BrFN2O3/c1-17(2,3)25-16(24)21-8-9-22(18(11-21)6-7-18)15(23)13-10-12(19)4-5-14(13)20/h4-5,10H,6-9,11H2,1-3H3. The molecule has 0 aromatic heterocycles. The number of amides is 2. The van der Waals surface area contributed by atoms with E-state index < -0.39 is 11.4 Å². The lowest BCUT2D eigenvalue weighted by Gasteiger charge is -2.42. The Labute approximate surface area is 155 Å². The summed E-state index contributed by atoms with van der Waals surface area (Å²) in [6.45, 7) is 6.68. The van der Waals surface area contributed by atoms with Gasteiger partial charge in [0.2, 0.25) is 0 Å². The predicted molar refractivity (Wildman–Crippen MR) is 94.9 cm³/mol. The van der Waals surface area contributed by atoms with Crippen LogP contribution >= 0.6 is 15.9 Å². The van der Waals surface area contributed by atoms with E-state index in [1.54, 1.807) is 15.9 Å². The van der Waals surface area contributed by atoms with Crippen molar-refractivity contribution in [2.24, 2.45) is 0 Å². The van der Waals surface area contributed by atoms with Crippen LogP contribution in [-0.4, -0.2) is 52.6 Å². The van der Waals surface area contributed by atoms with Crippen molar-refractivity contribution < 1.29 is 18.7 Å². The Hall–Kier alpha value is -1.63. The fourth-order valence-electron chi connectivity index (χ4n) is 3.16. The Kier molecular flexibility index (Phi) is 4.56. The van der Waals surface area contributed by atoms with E-state index in [-0.39, 0.29) is 23.1 Å². The molecular weight excluding hydrogens is 391 g/mol. The van der Waals surface area contributed by atoms with Crippen LogP contribution in [0.1, 0.15) is 44.0 Å². The Morgan fingerprint density at radius 2 is 1.92 bits per heavy atom. The number of hydrogen-bond donors (Lipinski definition) is 0. The smallest absolute Gasteiger partial charge is 0.410 e. The second-order valence-corrected chi connectivity index (χ2v) is 8.62. The highest BCUT2D eigenvalue weighted by atomic mass is 79.9. The second-order valence-electron chi connectivity index (χ2n) is 7.71. The summed E-state index contributed by atoms with van der Waals surface area (Å²) in [7, 11) is 0. The van der Waals surface area contributed by atoms with Crippen molar-refractivity contribution in [1.82, 2.24) is 9.80 Å². The normalized spacial score (nSPS) is 19.1. The first-order valence-corrected chi connectivity index (χ1v) is 9.16. The summed E-state index contributed by atoms with van der Waals surface area (Å²) < 4.78 is 20.2. The van der Waals surface area contributed by atoms with E-state index in [0.29, 0.717) is 24.1 Å². The maximum atomic E-state index is 14.1. The van der Waals surface area contributed by atoms with Crippen molar-refractivity contribution in [3.8, 4) is 0 Å². The molecule has 1 saturated heterocycles. The third-order valence-electron chi connectivity index (χ3n) is 4.53. The van der Waals surface area contributed by atoms with Gasteiger partial charge < -0.3 is 14.5 Å². The molecule has 1 saturated carbocycles. The monoisotopic (exact) mass is 412 g/mol. The van der Waals surface area contributed by atoms with Crippen LogP contribution in [0.3, 0.4) is 0 Å². The van der Waals surface area contributed by atoms with E-state index in [4.69, 9.17) is 4.74 Å². The number of nitrogens with zero attached hydrogens (tertiary/aromatic N) is 2. The van der Waals surface area contributed by atoms with Crippen molar-refractivity contribution >= 4 is 27.9 Å². The first kappa shape index (κ1) is 18.2. The highest BCUT2D eigenvalue weighted by molar-refractivity contribution is 9.10. The molecule has 0 bridgehead atoms. The number of benzene rings is 1. The number of carbonyl (C=O) groups excluding carboxylic acids is 2. The second kappa shape index (κ2) is 6.27. The van der Waals surface area contributed by atoms with Crippen LogP contribution in [-0.2, 0) is 4.74 Å². The third kappa shape index (κ3) is 3.81. The number of piperazine rings is 1. The average Bonchev–Trinajstić information content (AvgIpc) is 3.27. The molecule has 3 rings (SSSR count). The van der Waals surface area contributed by atoms with Gasteiger partial charge in [-0.15, -0.1) is 0 Å². The lowest BCUT2D eigenvalue weighted by molar-refractivity contribution is 0.000516. The molecule has 0 N–H and O–H groups in total. The first-order valence-electron chi connectivity index (χ1n) is 8.36. The average molecular weight is 413 g/mol. The van der Waals surface area contributed by atoms with Crippen molar-refractivity contribution in [3.63, 3.8) is 0 Å².